The lowest BCUT2D eigenvalue weighted by molar-refractivity contribution is -0.142. The first-order valence-corrected chi connectivity index (χ1v) is 7.83. The Morgan fingerprint density at radius 1 is 1.29 bits per heavy atom. The molecule has 7 nitrogen and oxygen atoms in total. The van der Waals surface area contributed by atoms with E-state index in [0.717, 1.165) is 0 Å². The van der Waals surface area contributed by atoms with Gasteiger partial charge in [0.1, 0.15) is 6.04 Å². The predicted octanol–water partition coefficient (Wildman–Crippen LogP) is 0.512. The van der Waals surface area contributed by atoms with E-state index >= 15 is 0 Å². The van der Waals surface area contributed by atoms with Gasteiger partial charge >= 0.3 is 11.9 Å². The van der Waals surface area contributed by atoms with Crippen LogP contribution < -0.4 is 4.72 Å². The van der Waals surface area contributed by atoms with Gasteiger partial charge in [0, 0.05) is 6.42 Å². The number of carboxylic acid groups (broad SMARTS) is 1. The average molecular weight is 315 g/mol. The Morgan fingerprint density at radius 2 is 1.90 bits per heavy atom. The monoisotopic (exact) mass is 315 g/mol. The highest BCUT2D eigenvalue weighted by molar-refractivity contribution is 7.88. The Kier molecular flexibility index (Phi) is 6.32. The van der Waals surface area contributed by atoms with Crippen LogP contribution in [0.4, 0.5) is 0 Å². The van der Waals surface area contributed by atoms with Gasteiger partial charge in [-0.1, -0.05) is 30.3 Å². The van der Waals surface area contributed by atoms with Gasteiger partial charge in [0.05, 0.1) is 12.9 Å². The van der Waals surface area contributed by atoms with Gasteiger partial charge < -0.3 is 9.84 Å². The summed E-state index contributed by atoms with van der Waals surface area (Å²) < 4.78 is 30.4. The lowest BCUT2D eigenvalue weighted by atomic mass is 10.2. The molecule has 0 radical (unpaired) electrons. The zero-order chi connectivity index (χ0) is 15.9. The Hall–Kier alpha value is -1.93. The summed E-state index contributed by atoms with van der Waals surface area (Å²) in [6.07, 6.45) is -0.350. The predicted molar refractivity (Wildman–Crippen MR) is 74.9 cm³/mol. The summed E-state index contributed by atoms with van der Waals surface area (Å²) in [6.45, 7) is 0. The largest absolute Gasteiger partial charge is 0.480 e. The van der Waals surface area contributed by atoms with Crippen LogP contribution in [-0.4, -0.2) is 38.6 Å². The molecule has 0 aliphatic rings. The number of carboxylic acids is 1. The fourth-order valence-electron chi connectivity index (χ4n) is 1.65. The van der Waals surface area contributed by atoms with Crippen LogP contribution in [-0.2, 0) is 30.1 Å². The Bertz CT molecular complexity index is 584. The quantitative estimate of drug-likeness (QED) is 0.677. The fraction of sp³-hybridized carbons (Fsp3) is 0.385. The van der Waals surface area contributed by atoms with E-state index in [1.807, 2.05) is 0 Å². The second kappa shape index (κ2) is 7.75. The highest BCUT2D eigenvalue weighted by Gasteiger charge is 2.25. The summed E-state index contributed by atoms with van der Waals surface area (Å²) in [5.41, 5.74) is 0.544. The zero-order valence-electron chi connectivity index (χ0n) is 11.5. The summed E-state index contributed by atoms with van der Waals surface area (Å²) in [7, 11) is -2.64. The SMILES string of the molecule is COC(=O)CCC(NS(=O)(=O)Cc1ccccc1)C(=O)O. The number of aliphatic carboxylic acids is 1. The standard InChI is InChI=1S/C13H17NO6S/c1-20-12(15)8-7-11(13(16)17)14-21(18,19)9-10-5-3-2-4-6-10/h2-6,11,14H,7-9H2,1H3,(H,16,17). The van der Waals surface area contributed by atoms with E-state index in [2.05, 4.69) is 9.46 Å². The second-order valence-corrected chi connectivity index (χ2v) is 6.12. The van der Waals surface area contributed by atoms with Gasteiger partial charge in [-0.2, -0.15) is 0 Å². The van der Waals surface area contributed by atoms with Gasteiger partial charge in [-0.25, -0.2) is 13.1 Å². The molecule has 1 aromatic rings. The third-order valence-electron chi connectivity index (χ3n) is 2.68. The van der Waals surface area contributed by atoms with Crippen molar-refractivity contribution in [2.45, 2.75) is 24.6 Å². The number of rotatable bonds is 8. The number of carbonyl (C=O) groups excluding carboxylic acids is 1. The molecule has 1 rings (SSSR count). The van der Waals surface area contributed by atoms with E-state index < -0.39 is 28.0 Å². The van der Waals surface area contributed by atoms with Crippen molar-refractivity contribution >= 4 is 22.0 Å². The van der Waals surface area contributed by atoms with Crippen molar-refractivity contribution in [1.29, 1.82) is 0 Å². The molecule has 2 N–H and O–H groups in total. The average Bonchev–Trinajstić information content (AvgIpc) is 2.43. The molecule has 0 aromatic heterocycles. The number of benzene rings is 1. The molecule has 1 atom stereocenters. The minimum absolute atomic E-state index is 0.171. The van der Waals surface area contributed by atoms with Crippen molar-refractivity contribution in [2.24, 2.45) is 0 Å². The van der Waals surface area contributed by atoms with Gasteiger partial charge in [0.25, 0.3) is 0 Å². The van der Waals surface area contributed by atoms with E-state index in [9.17, 15) is 18.0 Å². The van der Waals surface area contributed by atoms with Gasteiger partial charge in [-0.05, 0) is 12.0 Å². The topological polar surface area (TPSA) is 110 Å². The second-order valence-electron chi connectivity index (χ2n) is 4.37. The highest BCUT2D eigenvalue weighted by atomic mass is 32.2. The maximum absolute atomic E-state index is 11.9. The molecular weight excluding hydrogens is 298 g/mol. The van der Waals surface area contributed by atoms with Crippen LogP contribution in [0.2, 0.25) is 0 Å². The number of nitrogens with one attached hydrogen (secondary N) is 1. The summed E-state index contributed by atoms with van der Waals surface area (Å²) >= 11 is 0. The molecule has 1 unspecified atom stereocenters. The van der Waals surface area contributed by atoms with Crippen LogP contribution in [0.1, 0.15) is 18.4 Å². The third kappa shape index (κ3) is 6.37. The molecule has 116 valence electrons. The minimum atomic E-state index is -3.82. The lowest BCUT2D eigenvalue weighted by Crippen LogP contribution is -2.41. The normalized spacial score (nSPS) is 12.6. The van der Waals surface area contributed by atoms with Crippen molar-refractivity contribution in [3.8, 4) is 0 Å². The van der Waals surface area contributed by atoms with E-state index in [-0.39, 0.29) is 18.6 Å². The number of hydrogen-bond donors (Lipinski definition) is 2. The number of ether oxygens (including phenoxy) is 1. The summed E-state index contributed by atoms with van der Waals surface area (Å²) in [4.78, 5) is 22.1. The first kappa shape index (κ1) is 17.1. The Balaban J connectivity index is 2.69. The molecule has 0 saturated carbocycles. The molecule has 0 heterocycles. The first-order valence-electron chi connectivity index (χ1n) is 6.17. The van der Waals surface area contributed by atoms with Crippen LogP contribution in [0.15, 0.2) is 30.3 Å². The van der Waals surface area contributed by atoms with Crippen LogP contribution in [0.5, 0.6) is 0 Å². The lowest BCUT2D eigenvalue weighted by Gasteiger charge is -2.14. The number of methoxy groups -OCH3 is 1. The van der Waals surface area contributed by atoms with Crippen molar-refractivity contribution in [3.63, 3.8) is 0 Å². The summed E-state index contributed by atoms with van der Waals surface area (Å²) in [5.74, 6) is -2.26. The summed E-state index contributed by atoms with van der Waals surface area (Å²) in [5, 5.41) is 9.01. The van der Waals surface area contributed by atoms with E-state index in [1.165, 1.54) is 7.11 Å². The van der Waals surface area contributed by atoms with Crippen LogP contribution in [0, 0.1) is 0 Å². The first-order chi connectivity index (χ1) is 9.84. The van der Waals surface area contributed by atoms with E-state index in [4.69, 9.17) is 5.11 Å². The van der Waals surface area contributed by atoms with Gasteiger partial charge in [-0.3, -0.25) is 9.59 Å². The van der Waals surface area contributed by atoms with Gasteiger partial charge in [0.2, 0.25) is 10.0 Å². The van der Waals surface area contributed by atoms with Crippen molar-refractivity contribution in [2.75, 3.05) is 7.11 Å². The molecule has 8 heteroatoms. The molecule has 0 fully saturated rings. The molecule has 0 bridgehead atoms. The van der Waals surface area contributed by atoms with Gasteiger partial charge in [0.15, 0.2) is 0 Å². The van der Waals surface area contributed by atoms with Crippen LogP contribution in [0.3, 0.4) is 0 Å². The third-order valence-corrected chi connectivity index (χ3v) is 4.04. The minimum Gasteiger partial charge on any atom is -0.480 e. The van der Waals surface area contributed by atoms with Crippen LogP contribution >= 0.6 is 0 Å². The number of esters is 1. The zero-order valence-corrected chi connectivity index (χ0v) is 12.3. The fourth-order valence-corrected chi connectivity index (χ4v) is 3.02. The van der Waals surface area contributed by atoms with Crippen LogP contribution in [0.25, 0.3) is 0 Å². The molecular formula is C13H17NO6S. The maximum Gasteiger partial charge on any atom is 0.321 e. The van der Waals surface area contributed by atoms with E-state index in [1.54, 1.807) is 30.3 Å². The molecule has 0 aliphatic carbocycles. The van der Waals surface area contributed by atoms with Crippen molar-refractivity contribution in [3.05, 3.63) is 35.9 Å². The van der Waals surface area contributed by atoms with Crippen molar-refractivity contribution in [1.82, 2.24) is 4.72 Å². The molecule has 0 saturated heterocycles. The number of sulfonamides is 1. The smallest absolute Gasteiger partial charge is 0.321 e. The maximum atomic E-state index is 11.9. The molecule has 0 amide bonds. The Labute approximate surface area is 123 Å². The molecule has 21 heavy (non-hydrogen) atoms. The molecule has 0 aliphatic heterocycles. The summed E-state index contributed by atoms with van der Waals surface area (Å²) in [6, 6.07) is 7.03. The molecule has 0 spiro atoms. The Morgan fingerprint density at radius 3 is 2.43 bits per heavy atom. The number of hydrogen-bond acceptors (Lipinski definition) is 5. The van der Waals surface area contributed by atoms with Crippen molar-refractivity contribution < 1.29 is 27.9 Å². The number of carbonyl (C=O) groups is 2. The van der Waals surface area contributed by atoms with Gasteiger partial charge in [-0.15, -0.1) is 0 Å². The highest BCUT2D eigenvalue weighted by Crippen LogP contribution is 2.07. The van der Waals surface area contributed by atoms with E-state index in [0.29, 0.717) is 5.56 Å². The molecule has 1 aromatic carbocycles.